The van der Waals surface area contributed by atoms with Gasteiger partial charge in [-0.1, -0.05) is 102 Å². The topological polar surface area (TPSA) is 86.8 Å². The Morgan fingerprint density at radius 2 is 1.48 bits per heavy atom. The molecule has 46 heavy (non-hydrogen) atoms. The molecular weight excluding hydrogens is 641 g/mol. The number of sulfonamides is 1. The second-order valence-electron chi connectivity index (χ2n) is 11.6. The molecule has 7 nitrogen and oxygen atoms in total. The van der Waals surface area contributed by atoms with Gasteiger partial charge in [0, 0.05) is 29.1 Å². The van der Waals surface area contributed by atoms with E-state index in [1.807, 2.05) is 43.3 Å². The van der Waals surface area contributed by atoms with Crippen LogP contribution in [0.2, 0.25) is 10.0 Å². The van der Waals surface area contributed by atoms with E-state index in [0.29, 0.717) is 21.3 Å². The third kappa shape index (κ3) is 8.29. The molecule has 4 aromatic rings. The molecule has 0 aliphatic heterocycles. The van der Waals surface area contributed by atoms with Crippen molar-refractivity contribution in [3.63, 3.8) is 0 Å². The summed E-state index contributed by atoms with van der Waals surface area (Å²) in [7, 11) is -4.22. The Hall–Kier alpha value is -3.85. The van der Waals surface area contributed by atoms with Crippen LogP contribution in [0.5, 0.6) is 0 Å². The fraction of sp³-hybridized carbons (Fsp3) is 0.278. The van der Waals surface area contributed by atoms with E-state index < -0.39 is 28.5 Å². The van der Waals surface area contributed by atoms with Gasteiger partial charge in [-0.15, -0.1) is 0 Å². The summed E-state index contributed by atoms with van der Waals surface area (Å²) in [5.41, 5.74) is 2.77. The van der Waals surface area contributed by atoms with Crippen LogP contribution in [-0.4, -0.2) is 43.8 Å². The van der Waals surface area contributed by atoms with Crippen LogP contribution in [0.3, 0.4) is 0 Å². The van der Waals surface area contributed by atoms with Crippen LogP contribution in [0, 0.1) is 6.92 Å². The summed E-state index contributed by atoms with van der Waals surface area (Å²) >= 11 is 12.6. The van der Waals surface area contributed by atoms with E-state index in [-0.39, 0.29) is 29.8 Å². The van der Waals surface area contributed by atoms with E-state index in [0.717, 1.165) is 41.1 Å². The number of hydrogen-bond donors (Lipinski definition) is 1. The summed E-state index contributed by atoms with van der Waals surface area (Å²) in [6, 6.07) is 28.5. The summed E-state index contributed by atoms with van der Waals surface area (Å²) in [6.45, 7) is 1.37. The van der Waals surface area contributed by atoms with E-state index in [1.165, 1.54) is 29.2 Å². The molecule has 1 aliphatic carbocycles. The molecule has 5 rings (SSSR count). The maximum absolute atomic E-state index is 14.6. The zero-order valence-electron chi connectivity index (χ0n) is 25.6. The van der Waals surface area contributed by atoms with Crippen molar-refractivity contribution >= 4 is 50.7 Å². The summed E-state index contributed by atoms with van der Waals surface area (Å²) in [5.74, 6) is -0.820. The van der Waals surface area contributed by atoms with Crippen molar-refractivity contribution in [1.82, 2.24) is 10.2 Å². The lowest BCUT2D eigenvalue weighted by Gasteiger charge is -2.34. The highest BCUT2D eigenvalue weighted by atomic mass is 35.5. The van der Waals surface area contributed by atoms with Crippen LogP contribution in [0.4, 0.5) is 5.69 Å². The minimum absolute atomic E-state index is 0.0107. The molecule has 240 valence electrons. The normalized spacial score (nSPS) is 14.1. The number of nitrogens with one attached hydrogen (secondary N) is 1. The molecule has 1 saturated carbocycles. The van der Waals surface area contributed by atoms with E-state index in [4.69, 9.17) is 23.2 Å². The molecule has 0 saturated heterocycles. The molecule has 1 fully saturated rings. The van der Waals surface area contributed by atoms with E-state index in [1.54, 1.807) is 42.5 Å². The van der Waals surface area contributed by atoms with Crippen molar-refractivity contribution in [2.45, 2.75) is 62.6 Å². The zero-order valence-corrected chi connectivity index (χ0v) is 27.9. The fourth-order valence-electron chi connectivity index (χ4n) is 5.71. The van der Waals surface area contributed by atoms with Gasteiger partial charge in [0.2, 0.25) is 11.8 Å². The Morgan fingerprint density at radius 1 is 0.848 bits per heavy atom. The van der Waals surface area contributed by atoms with Crippen LogP contribution in [0.15, 0.2) is 108 Å². The summed E-state index contributed by atoms with van der Waals surface area (Å²) < 4.78 is 29.4. The van der Waals surface area contributed by atoms with Crippen LogP contribution in [0.25, 0.3) is 0 Å². The van der Waals surface area contributed by atoms with Crippen molar-refractivity contribution < 1.29 is 18.0 Å². The molecule has 2 amide bonds. The average Bonchev–Trinajstić information content (AvgIpc) is 3.56. The van der Waals surface area contributed by atoms with Crippen LogP contribution in [0.1, 0.15) is 42.4 Å². The molecule has 0 heterocycles. The number of anilines is 1. The van der Waals surface area contributed by atoms with E-state index in [9.17, 15) is 18.0 Å². The molecule has 1 atom stereocenters. The highest BCUT2D eigenvalue weighted by Crippen LogP contribution is 2.27. The van der Waals surface area contributed by atoms with Crippen LogP contribution in [-0.2, 0) is 32.6 Å². The summed E-state index contributed by atoms with van der Waals surface area (Å²) in [4.78, 5) is 30.1. The molecule has 1 aliphatic rings. The largest absolute Gasteiger partial charge is 0.352 e. The average molecular weight is 679 g/mol. The monoisotopic (exact) mass is 677 g/mol. The summed E-state index contributed by atoms with van der Waals surface area (Å²) in [5, 5.41) is 4.01. The van der Waals surface area contributed by atoms with Crippen LogP contribution < -0.4 is 9.62 Å². The van der Waals surface area contributed by atoms with Gasteiger partial charge in [0.25, 0.3) is 10.0 Å². The Balaban J connectivity index is 1.57. The van der Waals surface area contributed by atoms with E-state index >= 15 is 0 Å². The molecule has 1 unspecified atom stereocenters. The maximum atomic E-state index is 14.6. The number of carbonyl (C=O) groups excluding carboxylic acids is 2. The van der Waals surface area contributed by atoms with Gasteiger partial charge in [0.15, 0.2) is 0 Å². The smallest absolute Gasteiger partial charge is 0.264 e. The van der Waals surface area contributed by atoms with Gasteiger partial charge >= 0.3 is 0 Å². The van der Waals surface area contributed by atoms with Gasteiger partial charge in [0.1, 0.15) is 12.6 Å². The summed E-state index contributed by atoms with van der Waals surface area (Å²) in [6.07, 6.45) is 4.06. The predicted octanol–water partition coefficient (Wildman–Crippen LogP) is 7.20. The first kappa shape index (κ1) is 33.5. The van der Waals surface area contributed by atoms with Crippen molar-refractivity contribution in [3.8, 4) is 0 Å². The first-order chi connectivity index (χ1) is 22.1. The molecule has 0 bridgehead atoms. The number of halogens is 2. The molecule has 0 spiro atoms. The Labute approximate surface area is 281 Å². The highest BCUT2D eigenvalue weighted by molar-refractivity contribution is 7.92. The first-order valence-corrected chi connectivity index (χ1v) is 17.5. The van der Waals surface area contributed by atoms with Gasteiger partial charge in [-0.3, -0.25) is 13.9 Å². The molecule has 4 aromatic carbocycles. The van der Waals surface area contributed by atoms with Gasteiger partial charge < -0.3 is 10.2 Å². The zero-order chi connectivity index (χ0) is 32.7. The lowest BCUT2D eigenvalue weighted by atomic mass is 10.0. The number of benzene rings is 4. The fourth-order valence-corrected chi connectivity index (χ4v) is 7.44. The standard InChI is InChI=1S/C36H37Cl2N3O4S/c1-26-15-19-31(20-16-26)41(46(44,45)32-21-17-29(37)18-22-32)25-35(42)40(24-28-11-5-8-14-33(28)38)34(23-27-9-3-2-4-10-27)36(43)39-30-12-6-7-13-30/h2-5,8-11,14-22,30,34H,6-7,12-13,23-25H2,1H3,(H,39,43). The Bertz CT molecular complexity index is 1740. The minimum atomic E-state index is -4.22. The number of rotatable bonds is 12. The Kier molecular flexibility index (Phi) is 11.0. The molecule has 1 N–H and O–H groups in total. The van der Waals surface area contributed by atoms with Crippen molar-refractivity contribution in [2.75, 3.05) is 10.8 Å². The number of hydrogen-bond acceptors (Lipinski definition) is 4. The number of nitrogens with zero attached hydrogens (tertiary/aromatic N) is 2. The van der Waals surface area contributed by atoms with Gasteiger partial charge in [-0.25, -0.2) is 8.42 Å². The predicted molar refractivity (Wildman–Crippen MR) is 183 cm³/mol. The quantitative estimate of drug-likeness (QED) is 0.172. The number of carbonyl (C=O) groups is 2. The van der Waals surface area contributed by atoms with Crippen LogP contribution >= 0.6 is 23.2 Å². The minimum Gasteiger partial charge on any atom is -0.352 e. The second-order valence-corrected chi connectivity index (χ2v) is 14.3. The first-order valence-electron chi connectivity index (χ1n) is 15.3. The van der Waals surface area contributed by atoms with Gasteiger partial charge in [-0.05, 0) is 73.4 Å². The van der Waals surface area contributed by atoms with Crippen molar-refractivity contribution in [3.05, 3.63) is 130 Å². The third-order valence-electron chi connectivity index (χ3n) is 8.27. The molecular formula is C36H37Cl2N3O4S. The number of aryl methyl sites for hydroxylation is 1. The van der Waals surface area contributed by atoms with Crippen molar-refractivity contribution in [1.29, 1.82) is 0 Å². The van der Waals surface area contributed by atoms with Crippen molar-refractivity contribution in [2.24, 2.45) is 0 Å². The lowest BCUT2D eigenvalue weighted by Crippen LogP contribution is -2.54. The number of amides is 2. The molecule has 0 radical (unpaired) electrons. The second kappa shape index (κ2) is 15.2. The van der Waals surface area contributed by atoms with E-state index in [2.05, 4.69) is 5.32 Å². The lowest BCUT2D eigenvalue weighted by molar-refractivity contribution is -0.140. The van der Waals surface area contributed by atoms with Gasteiger partial charge in [0.05, 0.1) is 10.6 Å². The molecule has 10 heteroatoms. The highest BCUT2D eigenvalue weighted by Gasteiger charge is 2.35. The molecule has 0 aromatic heterocycles. The Morgan fingerprint density at radius 3 is 2.13 bits per heavy atom. The van der Waals surface area contributed by atoms with Gasteiger partial charge in [-0.2, -0.15) is 0 Å². The third-order valence-corrected chi connectivity index (χ3v) is 10.7. The SMILES string of the molecule is Cc1ccc(N(CC(=O)N(Cc2ccccc2Cl)C(Cc2ccccc2)C(=O)NC2CCCC2)S(=O)(=O)c2ccc(Cl)cc2)cc1. The maximum Gasteiger partial charge on any atom is 0.264 e.